The van der Waals surface area contributed by atoms with Crippen molar-refractivity contribution in [3.05, 3.63) is 70.7 Å². The van der Waals surface area contributed by atoms with E-state index in [0.717, 1.165) is 60.6 Å². The molecule has 4 heterocycles. The fourth-order valence-electron chi connectivity index (χ4n) is 5.57. The highest BCUT2D eigenvalue weighted by atomic mass is 19.4. The van der Waals surface area contributed by atoms with Gasteiger partial charge < -0.3 is 10.0 Å². The van der Waals surface area contributed by atoms with Crippen molar-refractivity contribution in [3.63, 3.8) is 0 Å². The molecule has 1 saturated heterocycles. The third-order valence-electron chi connectivity index (χ3n) is 7.85. The van der Waals surface area contributed by atoms with E-state index in [9.17, 15) is 23.1 Å². The molecule has 1 N–H and O–H groups in total. The lowest BCUT2D eigenvalue weighted by molar-refractivity contribution is -0.137. The number of nitrogens with zero attached hydrogens (tertiary/aromatic N) is 6. The monoisotopic (exact) mass is 550 g/mol. The van der Waals surface area contributed by atoms with Crippen LogP contribution < -0.4 is 4.90 Å². The SMILES string of the molecule is Cc1cc(-c2ncc3cc(C(F)(F)F)ccc3n2)ccc1N1CCn2nc(CN3CCC(O)CC3)c(C)c2C1=O. The molecule has 0 spiro atoms. The first-order chi connectivity index (χ1) is 19.1. The van der Waals surface area contributed by atoms with E-state index in [-0.39, 0.29) is 12.0 Å². The summed E-state index contributed by atoms with van der Waals surface area (Å²) >= 11 is 0. The normalized spacial score (nSPS) is 17.1. The number of carbonyl (C=O) groups excluding carboxylic acids is 1. The summed E-state index contributed by atoms with van der Waals surface area (Å²) in [4.78, 5) is 26.5. The zero-order chi connectivity index (χ0) is 28.2. The van der Waals surface area contributed by atoms with Gasteiger partial charge in [0.1, 0.15) is 5.69 Å². The molecule has 2 aromatic carbocycles. The molecule has 2 aliphatic rings. The summed E-state index contributed by atoms with van der Waals surface area (Å²) in [6, 6.07) is 9.00. The van der Waals surface area contributed by atoms with Gasteiger partial charge in [-0.25, -0.2) is 9.97 Å². The van der Waals surface area contributed by atoms with Gasteiger partial charge in [0, 0.05) is 54.6 Å². The second-order valence-corrected chi connectivity index (χ2v) is 10.6. The van der Waals surface area contributed by atoms with Crippen molar-refractivity contribution in [2.24, 2.45) is 0 Å². The van der Waals surface area contributed by atoms with Gasteiger partial charge in [-0.05, 0) is 68.7 Å². The number of likely N-dealkylation sites (tertiary alicyclic amines) is 1. The molecule has 208 valence electrons. The Morgan fingerprint density at radius 3 is 2.52 bits per heavy atom. The van der Waals surface area contributed by atoms with E-state index in [1.54, 1.807) is 9.58 Å². The number of carbonyl (C=O) groups is 1. The lowest BCUT2D eigenvalue weighted by Gasteiger charge is -2.29. The second-order valence-electron chi connectivity index (χ2n) is 10.6. The second kappa shape index (κ2) is 9.97. The number of piperidine rings is 1. The minimum Gasteiger partial charge on any atom is -0.393 e. The van der Waals surface area contributed by atoms with Crippen molar-refractivity contribution in [1.82, 2.24) is 24.6 Å². The number of benzene rings is 2. The first-order valence-electron chi connectivity index (χ1n) is 13.3. The fourth-order valence-corrected chi connectivity index (χ4v) is 5.57. The number of aromatic nitrogens is 4. The van der Waals surface area contributed by atoms with Crippen molar-refractivity contribution < 1.29 is 23.1 Å². The summed E-state index contributed by atoms with van der Waals surface area (Å²) in [5, 5.41) is 14.9. The molecule has 0 aliphatic carbocycles. The van der Waals surface area contributed by atoms with Crippen LogP contribution in [0.25, 0.3) is 22.3 Å². The predicted octanol–water partition coefficient (Wildman–Crippen LogP) is 4.75. The lowest BCUT2D eigenvalue weighted by atomic mass is 10.1. The summed E-state index contributed by atoms with van der Waals surface area (Å²) in [6.45, 7) is 7.19. The number of hydrogen-bond acceptors (Lipinski definition) is 6. The highest BCUT2D eigenvalue weighted by Crippen LogP contribution is 2.33. The van der Waals surface area contributed by atoms with Gasteiger partial charge in [0.15, 0.2) is 5.82 Å². The standard InChI is InChI=1S/C29H29F3N6O2/c1-17-13-19(27-33-15-20-14-21(29(30,31)32)4-5-23(20)34-27)3-6-25(17)37-11-12-38-26(28(37)40)18(2)24(35-38)16-36-9-7-22(39)8-10-36/h3-6,13-15,22,39H,7-12,16H2,1-2H3. The third kappa shape index (κ3) is 4.84. The average Bonchev–Trinajstić information content (AvgIpc) is 3.24. The number of aliphatic hydroxyl groups excluding tert-OH is 1. The van der Waals surface area contributed by atoms with Crippen LogP contribution in [0.15, 0.2) is 42.6 Å². The van der Waals surface area contributed by atoms with E-state index >= 15 is 0 Å². The van der Waals surface area contributed by atoms with E-state index in [4.69, 9.17) is 5.10 Å². The quantitative estimate of drug-likeness (QED) is 0.395. The Bertz CT molecular complexity index is 1610. The number of alkyl halides is 3. The molecule has 0 saturated carbocycles. The Labute approximate surface area is 229 Å². The predicted molar refractivity (Wildman–Crippen MR) is 144 cm³/mol. The number of rotatable bonds is 4. The van der Waals surface area contributed by atoms with Crippen LogP contribution in [0.1, 0.15) is 45.7 Å². The summed E-state index contributed by atoms with van der Waals surface area (Å²) in [5.74, 6) is 0.297. The molecular formula is C29H29F3N6O2. The molecule has 8 nitrogen and oxygen atoms in total. The smallest absolute Gasteiger partial charge is 0.393 e. The number of anilines is 1. The fraction of sp³-hybridized carbons (Fsp3) is 0.379. The van der Waals surface area contributed by atoms with E-state index in [1.807, 2.05) is 32.0 Å². The lowest BCUT2D eigenvalue weighted by Crippen LogP contribution is -2.41. The van der Waals surface area contributed by atoms with Gasteiger partial charge in [-0.15, -0.1) is 0 Å². The maximum atomic E-state index is 13.7. The molecule has 2 aromatic heterocycles. The maximum Gasteiger partial charge on any atom is 0.416 e. The number of halogens is 3. The molecule has 1 fully saturated rings. The molecule has 0 atom stereocenters. The van der Waals surface area contributed by atoms with Crippen LogP contribution in [0.4, 0.5) is 18.9 Å². The molecule has 2 aliphatic heterocycles. The molecule has 4 aromatic rings. The van der Waals surface area contributed by atoms with Crippen molar-refractivity contribution in [2.75, 3.05) is 24.5 Å². The molecule has 0 radical (unpaired) electrons. The Morgan fingerprint density at radius 2 is 1.80 bits per heavy atom. The van der Waals surface area contributed by atoms with Gasteiger partial charge in [-0.2, -0.15) is 18.3 Å². The first kappa shape index (κ1) is 26.4. The molecule has 40 heavy (non-hydrogen) atoms. The minimum atomic E-state index is -4.43. The van der Waals surface area contributed by atoms with E-state index in [0.29, 0.717) is 47.6 Å². The zero-order valence-electron chi connectivity index (χ0n) is 22.2. The van der Waals surface area contributed by atoms with Gasteiger partial charge in [0.2, 0.25) is 0 Å². The molecular weight excluding hydrogens is 521 g/mol. The van der Waals surface area contributed by atoms with Gasteiger partial charge in [-0.1, -0.05) is 0 Å². The number of amides is 1. The van der Waals surface area contributed by atoms with E-state index < -0.39 is 11.7 Å². The zero-order valence-corrected chi connectivity index (χ0v) is 22.2. The highest BCUT2D eigenvalue weighted by Gasteiger charge is 2.32. The van der Waals surface area contributed by atoms with Crippen LogP contribution in [-0.4, -0.2) is 61.4 Å². The summed E-state index contributed by atoms with van der Waals surface area (Å²) in [5.41, 5.74) is 4.41. The first-order valence-corrected chi connectivity index (χ1v) is 13.3. The number of hydrogen-bond donors (Lipinski definition) is 1. The Hall–Kier alpha value is -3.83. The van der Waals surface area contributed by atoms with Crippen LogP contribution in [-0.2, 0) is 19.3 Å². The van der Waals surface area contributed by atoms with Gasteiger partial charge in [-0.3, -0.25) is 14.4 Å². The minimum absolute atomic E-state index is 0.102. The third-order valence-corrected chi connectivity index (χ3v) is 7.85. The summed E-state index contributed by atoms with van der Waals surface area (Å²) in [6.07, 6.45) is -1.77. The topological polar surface area (TPSA) is 87.4 Å². The number of aryl methyl sites for hydroxylation is 1. The van der Waals surface area contributed by atoms with Gasteiger partial charge >= 0.3 is 6.18 Å². The largest absolute Gasteiger partial charge is 0.416 e. The molecule has 0 bridgehead atoms. The molecule has 1 amide bonds. The Kier molecular flexibility index (Phi) is 6.58. The van der Waals surface area contributed by atoms with Crippen LogP contribution >= 0.6 is 0 Å². The van der Waals surface area contributed by atoms with Crippen LogP contribution in [0.2, 0.25) is 0 Å². The average molecular weight is 551 g/mol. The maximum absolute atomic E-state index is 13.7. The van der Waals surface area contributed by atoms with Gasteiger partial charge in [0.25, 0.3) is 5.91 Å². The van der Waals surface area contributed by atoms with Crippen molar-refractivity contribution in [3.8, 4) is 11.4 Å². The molecule has 0 unspecified atom stereocenters. The van der Waals surface area contributed by atoms with Crippen LogP contribution in [0.3, 0.4) is 0 Å². The Balaban J connectivity index is 1.23. The number of aliphatic hydroxyl groups is 1. The highest BCUT2D eigenvalue weighted by molar-refractivity contribution is 6.07. The molecule has 11 heteroatoms. The van der Waals surface area contributed by atoms with Gasteiger partial charge in [0.05, 0.1) is 29.4 Å². The van der Waals surface area contributed by atoms with E-state index in [2.05, 4.69) is 14.9 Å². The summed E-state index contributed by atoms with van der Waals surface area (Å²) in [7, 11) is 0. The Morgan fingerprint density at radius 1 is 1.02 bits per heavy atom. The molecule has 6 rings (SSSR count). The van der Waals surface area contributed by atoms with Crippen LogP contribution in [0, 0.1) is 13.8 Å². The van der Waals surface area contributed by atoms with Crippen molar-refractivity contribution >= 4 is 22.5 Å². The van der Waals surface area contributed by atoms with Crippen molar-refractivity contribution in [1.29, 1.82) is 0 Å². The van der Waals surface area contributed by atoms with Crippen molar-refractivity contribution in [2.45, 2.75) is 52.1 Å². The van der Waals surface area contributed by atoms with Crippen LogP contribution in [0.5, 0.6) is 0 Å². The summed E-state index contributed by atoms with van der Waals surface area (Å²) < 4.78 is 41.0. The number of fused-ring (bicyclic) bond motifs is 2. The van der Waals surface area contributed by atoms with E-state index in [1.165, 1.54) is 12.3 Å².